The Hall–Kier alpha value is -0.610. The number of anilines is 1. The first-order valence-electron chi connectivity index (χ1n) is 6.40. The summed E-state index contributed by atoms with van der Waals surface area (Å²) in [4.78, 5) is 2.36. The van der Waals surface area contributed by atoms with E-state index in [1.165, 1.54) is 0 Å². The van der Waals surface area contributed by atoms with Crippen molar-refractivity contribution in [3.05, 3.63) is 28.0 Å². The van der Waals surface area contributed by atoms with Crippen molar-refractivity contribution in [2.24, 2.45) is 5.92 Å². The summed E-state index contributed by atoms with van der Waals surface area (Å²) in [6.45, 7) is 6.28. The molecule has 0 aromatic heterocycles. The summed E-state index contributed by atoms with van der Waals surface area (Å²) in [5, 5.41) is 3.36. The number of nitrogens with one attached hydrogen (secondary N) is 1. The van der Waals surface area contributed by atoms with Crippen molar-refractivity contribution in [2.45, 2.75) is 26.3 Å². The molecule has 4 heteroatoms. The molecular weight excluding hydrogens is 295 g/mol. The molecular formula is C14H20BrFN2. The zero-order valence-corrected chi connectivity index (χ0v) is 12.7. The molecule has 1 fully saturated rings. The summed E-state index contributed by atoms with van der Waals surface area (Å²) in [7, 11) is 2.02. The number of hydrogen-bond donors (Lipinski definition) is 1. The van der Waals surface area contributed by atoms with Crippen LogP contribution in [0.25, 0.3) is 0 Å². The van der Waals surface area contributed by atoms with E-state index in [9.17, 15) is 4.39 Å². The van der Waals surface area contributed by atoms with Gasteiger partial charge in [0.15, 0.2) is 0 Å². The molecule has 1 aliphatic rings. The Balaban J connectivity index is 2.20. The molecule has 2 unspecified atom stereocenters. The Morgan fingerprint density at radius 1 is 1.44 bits per heavy atom. The second kappa shape index (κ2) is 5.57. The van der Waals surface area contributed by atoms with E-state index in [0.717, 1.165) is 30.8 Å². The number of rotatable bonds is 2. The molecule has 0 radical (unpaired) electrons. The molecule has 1 heterocycles. The van der Waals surface area contributed by atoms with Crippen LogP contribution in [0.5, 0.6) is 0 Å². The van der Waals surface area contributed by atoms with Crippen LogP contribution in [0.2, 0.25) is 0 Å². The fourth-order valence-corrected chi connectivity index (χ4v) is 3.10. The highest BCUT2D eigenvalue weighted by molar-refractivity contribution is 9.10. The monoisotopic (exact) mass is 314 g/mol. The maximum absolute atomic E-state index is 13.4. The van der Waals surface area contributed by atoms with Gasteiger partial charge in [0, 0.05) is 24.8 Å². The lowest BCUT2D eigenvalue weighted by molar-refractivity contribution is 0.338. The average Bonchev–Trinajstić information content (AvgIpc) is 2.33. The van der Waals surface area contributed by atoms with Crippen molar-refractivity contribution in [3.63, 3.8) is 0 Å². The minimum Gasteiger partial charge on any atom is -0.371 e. The lowest BCUT2D eigenvalue weighted by Crippen LogP contribution is -2.47. The van der Waals surface area contributed by atoms with Gasteiger partial charge in [-0.05, 0) is 59.9 Å². The normalized spacial score (nSPS) is 24.4. The highest BCUT2D eigenvalue weighted by atomic mass is 79.9. The fraction of sp³-hybridized carbons (Fsp3) is 0.571. The van der Waals surface area contributed by atoms with Gasteiger partial charge in [-0.2, -0.15) is 0 Å². The molecule has 0 bridgehead atoms. The van der Waals surface area contributed by atoms with Gasteiger partial charge in [0.2, 0.25) is 0 Å². The maximum Gasteiger partial charge on any atom is 0.137 e. The summed E-state index contributed by atoms with van der Waals surface area (Å²) in [6.07, 6.45) is 1.13. The Morgan fingerprint density at radius 3 is 2.78 bits per heavy atom. The average molecular weight is 315 g/mol. The summed E-state index contributed by atoms with van der Waals surface area (Å²) in [5.74, 6) is 0.418. The second-order valence-electron chi connectivity index (χ2n) is 5.16. The molecule has 1 aliphatic heterocycles. The first kappa shape index (κ1) is 13.8. The van der Waals surface area contributed by atoms with E-state index in [0.29, 0.717) is 16.4 Å². The third-order valence-electron chi connectivity index (χ3n) is 3.86. The van der Waals surface area contributed by atoms with E-state index in [4.69, 9.17) is 0 Å². The van der Waals surface area contributed by atoms with E-state index < -0.39 is 0 Å². The first-order chi connectivity index (χ1) is 8.52. The van der Waals surface area contributed by atoms with Gasteiger partial charge in [0.05, 0.1) is 4.47 Å². The van der Waals surface area contributed by atoms with E-state index >= 15 is 0 Å². The Morgan fingerprint density at radius 2 is 2.17 bits per heavy atom. The van der Waals surface area contributed by atoms with Gasteiger partial charge in [-0.3, -0.25) is 0 Å². The van der Waals surface area contributed by atoms with Gasteiger partial charge in [-0.1, -0.05) is 6.92 Å². The Bertz CT molecular complexity index is 436. The summed E-state index contributed by atoms with van der Waals surface area (Å²) >= 11 is 3.27. The van der Waals surface area contributed by atoms with E-state index in [1.807, 2.05) is 20.0 Å². The van der Waals surface area contributed by atoms with E-state index in [2.05, 4.69) is 33.1 Å². The van der Waals surface area contributed by atoms with Gasteiger partial charge < -0.3 is 10.2 Å². The summed E-state index contributed by atoms with van der Waals surface area (Å²) in [5.41, 5.74) is 2.15. The SMILES string of the molecule is CNC1CCN(c2cc(Br)c(F)cc2C)CC1C. The number of piperidine rings is 1. The van der Waals surface area contributed by atoms with Crippen molar-refractivity contribution in [2.75, 3.05) is 25.0 Å². The van der Waals surface area contributed by atoms with Gasteiger partial charge in [-0.15, -0.1) is 0 Å². The molecule has 2 rings (SSSR count). The van der Waals surface area contributed by atoms with Crippen LogP contribution in [0.15, 0.2) is 16.6 Å². The molecule has 1 N–H and O–H groups in total. The molecule has 1 aromatic carbocycles. The van der Waals surface area contributed by atoms with Gasteiger partial charge in [0.1, 0.15) is 5.82 Å². The molecule has 0 aliphatic carbocycles. The standard InChI is InChI=1S/C14H20BrFN2/c1-9-6-12(16)11(15)7-14(9)18-5-4-13(17-3)10(2)8-18/h6-7,10,13,17H,4-5,8H2,1-3H3. The highest BCUT2D eigenvalue weighted by Crippen LogP contribution is 2.30. The van der Waals surface area contributed by atoms with Crippen LogP contribution in [-0.4, -0.2) is 26.2 Å². The highest BCUT2D eigenvalue weighted by Gasteiger charge is 2.25. The van der Waals surface area contributed by atoms with E-state index in [-0.39, 0.29) is 5.82 Å². The van der Waals surface area contributed by atoms with Crippen molar-refractivity contribution >= 4 is 21.6 Å². The zero-order chi connectivity index (χ0) is 13.3. The maximum atomic E-state index is 13.4. The second-order valence-corrected chi connectivity index (χ2v) is 6.01. The van der Waals surface area contributed by atoms with Crippen LogP contribution in [0, 0.1) is 18.7 Å². The van der Waals surface area contributed by atoms with Crippen LogP contribution < -0.4 is 10.2 Å². The van der Waals surface area contributed by atoms with Crippen LogP contribution >= 0.6 is 15.9 Å². The lowest BCUT2D eigenvalue weighted by Gasteiger charge is -2.39. The molecule has 0 amide bonds. The van der Waals surface area contributed by atoms with Crippen LogP contribution in [-0.2, 0) is 0 Å². The van der Waals surface area contributed by atoms with E-state index in [1.54, 1.807) is 6.07 Å². The molecule has 18 heavy (non-hydrogen) atoms. The molecule has 2 nitrogen and oxygen atoms in total. The number of hydrogen-bond acceptors (Lipinski definition) is 2. The molecule has 1 saturated heterocycles. The predicted octanol–water partition coefficient (Wildman–Crippen LogP) is 3.33. The first-order valence-corrected chi connectivity index (χ1v) is 7.20. The molecule has 0 saturated carbocycles. The smallest absolute Gasteiger partial charge is 0.137 e. The van der Waals surface area contributed by atoms with Gasteiger partial charge >= 0.3 is 0 Å². The number of halogens is 2. The molecule has 2 atom stereocenters. The topological polar surface area (TPSA) is 15.3 Å². The molecule has 100 valence electrons. The summed E-state index contributed by atoms with van der Waals surface area (Å²) in [6, 6.07) is 4.09. The Kier molecular flexibility index (Phi) is 4.28. The Labute approximate surface area is 117 Å². The molecule has 1 aromatic rings. The van der Waals surface area contributed by atoms with Crippen LogP contribution in [0.1, 0.15) is 18.9 Å². The van der Waals surface area contributed by atoms with Crippen LogP contribution in [0.4, 0.5) is 10.1 Å². The predicted molar refractivity (Wildman–Crippen MR) is 77.7 cm³/mol. The third kappa shape index (κ3) is 2.69. The molecule has 0 spiro atoms. The minimum absolute atomic E-state index is 0.186. The van der Waals surface area contributed by atoms with Gasteiger partial charge in [-0.25, -0.2) is 4.39 Å². The van der Waals surface area contributed by atoms with Gasteiger partial charge in [0.25, 0.3) is 0 Å². The van der Waals surface area contributed by atoms with Crippen molar-refractivity contribution < 1.29 is 4.39 Å². The van der Waals surface area contributed by atoms with Crippen molar-refractivity contribution in [1.29, 1.82) is 0 Å². The fourth-order valence-electron chi connectivity index (χ4n) is 2.77. The number of aryl methyl sites for hydroxylation is 1. The lowest BCUT2D eigenvalue weighted by atomic mass is 9.93. The van der Waals surface area contributed by atoms with Crippen molar-refractivity contribution in [3.8, 4) is 0 Å². The quantitative estimate of drug-likeness (QED) is 0.900. The van der Waals surface area contributed by atoms with Crippen molar-refractivity contribution in [1.82, 2.24) is 5.32 Å². The minimum atomic E-state index is -0.186. The largest absolute Gasteiger partial charge is 0.371 e. The number of benzene rings is 1. The third-order valence-corrected chi connectivity index (χ3v) is 4.46. The van der Waals surface area contributed by atoms with Crippen LogP contribution in [0.3, 0.4) is 0 Å². The summed E-state index contributed by atoms with van der Waals surface area (Å²) < 4.78 is 14.0. The zero-order valence-electron chi connectivity index (χ0n) is 11.1. The number of nitrogens with zero attached hydrogens (tertiary/aromatic N) is 1.